The average molecular weight is 329 g/mol. The van der Waals surface area contributed by atoms with Gasteiger partial charge in [0.2, 0.25) is 5.95 Å². The van der Waals surface area contributed by atoms with Gasteiger partial charge in [-0.05, 0) is 35.0 Å². The molecule has 0 saturated heterocycles. The van der Waals surface area contributed by atoms with Gasteiger partial charge in [-0.25, -0.2) is 9.59 Å². The fourth-order valence-corrected chi connectivity index (χ4v) is 2.61. The van der Waals surface area contributed by atoms with E-state index in [1.165, 1.54) is 18.9 Å². The Balaban J connectivity index is 2.09. The number of nitrogens with one attached hydrogen (secondary N) is 1. The van der Waals surface area contributed by atoms with Gasteiger partial charge in [-0.2, -0.15) is 4.68 Å². The molecular formula is C15H15N5O4. The number of fused-ring (bicyclic) bond motifs is 1. The lowest BCUT2D eigenvalue weighted by Gasteiger charge is -2.27. The van der Waals surface area contributed by atoms with Crippen molar-refractivity contribution in [1.82, 2.24) is 20.2 Å². The lowest BCUT2D eigenvalue weighted by molar-refractivity contribution is -0.136. The van der Waals surface area contributed by atoms with Crippen molar-refractivity contribution < 1.29 is 19.1 Å². The molecule has 2 heterocycles. The minimum absolute atomic E-state index is 0.392. The standard InChI is InChI=1S/C15H15N5O4/c1-8-11(14(22)24-3)12(20-15(16-8)17-18-19-20)9-4-6-10(7-5-9)13(21)23-2/h4-7,12H,1-3H3,(H,16,17,19)/t12-/m1/s1. The van der Waals surface area contributed by atoms with Gasteiger partial charge in [-0.15, -0.1) is 0 Å². The molecule has 0 spiro atoms. The van der Waals surface area contributed by atoms with E-state index < -0.39 is 18.0 Å². The Bertz CT molecular complexity index is 825. The van der Waals surface area contributed by atoms with E-state index in [-0.39, 0.29) is 0 Å². The third-order valence-corrected chi connectivity index (χ3v) is 3.77. The van der Waals surface area contributed by atoms with Gasteiger partial charge < -0.3 is 14.8 Å². The van der Waals surface area contributed by atoms with Crippen LogP contribution in [0.15, 0.2) is 35.5 Å². The van der Waals surface area contributed by atoms with Crippen molar-refractivity contribution >= 4 is 17.9 Å². The van der Waals surface area contributed by atoms with Crippen molar-refractivity contribution in [2.75, 3.05) is 19.5 Å². The number of anilines is 1. The van der Waals surface area contributed by atoms with Gasteiger partial charge in [-0.1, -0.05) is 17.2 Å². The molecule has 2 aromatic rings. The minimum atomic E-state index is -0.560. The second kappa shape index (κ2) is 6.11. The first-order valence-electron chi connectivity index (χ1n) is 7.09. The summed E-state index contributed by atoms with van der Waals surface area (Å²) >= 11 is 0. The maximum absolute atomic E-state index is 12.2. The highest BCUT2D eigenvalue weighted by molar-refractivity contribution is 5.92. The van der Waals surface area contributed by atoms with Crippen LogP contribution in [0.3, 0.4) is 0 Å². The van der Waals surface area contributed by atoms with E-state index in [1.54, 1.807) is 31.2 Å². The second-order valence-corrected chi connectivity index (χ2v) is 5.12. The number of benzene rings is 1. The van der Waals surface area contributed by atoms with E-state index in [2.05, 4.69) is 25.6 Å². The minimum Gasteiger partial charge on any atom is -0.466 e. The zero-order valence-electron chi connectivity index (χ0n) is 13.3. The summed E-state index contributed by atoms with van der Waals surface area (Å²) < 4.78 is 11.1. The molecule has 0 unspecified atom stereocenters. The van der Waals surface area contributed by atoms with Crippen LogP contribution < -0.4 is 5.32 Å². The molecule has 3 rings (SSSR count). The van der Waals surface area contributed by atoms with Crippen LogP contribution in [-0.4, -0.2) is 46.4 Å². The van der Waals surface area contributed by atoms with E-state index in [4.69, 9.17) is 4.74 Å². The number of tetrazole rings is 1. The molecular weight excluding hydrogens is 314 g/mol. The average Bonchev–Trinajstić information content (AvgIpc) is 3.07. The van der Waals surface area contributed by atoms with Crippen LogP contribution in [-0.2, 0) is 14.3 Å². The quantitative estimate of drug-likeness (QED) is 0.828. The highest BCUT2D eigenvalue weighted by Crippen LogP contribution is 2.34. The van der Waals surface area contributed by atoms with Gasteiger partial charge in [0.1, 0.15) is 6.04 Å². The number of ether oxygens (including phenoxy) is 2. The summed E-state index contributed by atoms with van der Waals surface area (Å²) in [6.07, 6.45) is 0. The van der Waals surface area contributed by atoms with Crippen molar-refractivity contribution in [2.24, 2.45) is 0 Å². The first-order chi connectivity index (χ1) is 11.6. The van der Waals surface area contributed by atoms with Crippen molar-refractivity contribution in [2.45, 2.75) is 13.0 Å². The van der Waals surface area contributed by atoms with E-state index in [1.807, 2.05) is 0 Å². The third kappa shape index (κ3) is 2.49. The molecule has 1 aromatic carbocycles. The molecule has 0 saturated carbocycles. The molecule has 124 valence electrons. The number of aromatic nitrogens is 4. The van der Waals surface area contributed by atoms with Gasteiger partial charge in [0, 0.05) is 5.70 Å². The number of hydrogen-bond acceptors (Lipinski definition) is 8. The van der Waals surface area contributed by atoms with Crippen LogP contribution in [0.1, 0.15) is 28.9 Å². The molecule has 9 heteroatoms. The molecule has 1 aliphatic rings. The molecule has 1 N–H and O–H groups in total. The number of methoxy groups -OCH3 is 2. The Hall–Kier alpha value is -3.23. The second-order valence-electron chi connectivity index (χ2n) is 5.12. The van der Waals surface area contributed by atoms with E-state index in [9.17, 15) is 9.59 Å². The summed E-state index contributed by atoms with van der Waals surface area (Å²) in [4.78, 5) is 23.8. The summed E-state index contributed by atoms with van der Waals surface area (Å²) in [5.74, 6) is -0.500. The highest BCUT2D eigenvalue weighted by atomic mass is 16.5. The number of esters is 2. The normalized spacial score (nSPS) is 16.2. The summed E-state index contributed by atoms with van der Waals surface area (Å²) in [7, 11) is 2.63. The van der Waals surface area contributed by atoms with Crippen LogP contribution in [0, 0.1) is 0 Å². The van der Waals surface area contributed by atoms with E-state index in [0.29, 0.717) is 22.8 Å². The lowest BCUT2D eigenvalue weighted by atomic mass is 9.95. The predicted octanol–water partition coefficient (Wildman–Crippen LogP) is 0.922. The van der Waals surface area contributed by atoms with Gasteiger partial charge in [-0.3, -0.25) is 0 Å². The Morgan fingerprint density at radius 3 is 2.42 bits per heavy atom. The third-order valence-electron chi connectivity index (χ3n) is 3.77. The summed E-state index contributed by atoms with van der Waals surface area (Å²) in [5.41, 5.74) is 2.14. The highest BCUT2D eigenvalue weighted by Gasteiger charge is 2.34. The van der Waals surface area contributed by atoms with E-state index in [0.717, 1.165) is 5.56 Å². The maximum Gasteiger partial charge on any atom is 0.338 e. The molecule has 1 atom stereocenters. The summed E-state index contributed by atoms with van der Waals surface area (Å²) in [6.45, 7) is 1.75. The Labute approximate surface area is 137 Å². The first-order valence-corrected chi connectivity index (χ1v) is 7.09. The fourth-order valence-electron chi connectivity index (χ4n) is 2.61. The molecule has 0 bridgehead atoms. The molecule has 1 aliphatic heterocycles. The molecule has 0 amide bonds. The van der Waals surface area contributed by atoms with Gasteiger partial charge in [0.15, 0.2) is 0 Å². The number of allylic oxidation sites excluding steroid dienone is 1. The smallest absolute Gasteiger partial charge is 0.338 e. The Morgan fingerprint density at radius 1 is 1.12 bits per heavy atom. The number of hydrogen-bond donors (Lipinski definition) is 1. The molecule has 9 nitrogen and oxygen atoms in total. The van der Waals surface area contributed by atoms with Crippen LogP contribution in [0.5, 0.6) is 0 Å². The lowest BCUT2D eigenvalue weighted by Crippen LogP contribution is -2.29. The van der Waals surface area contributed by atoms with Crippen LogP contribution in [0.4, 0.5) is 5.95 Å². The molecule has 0 aliphatic carbocycles. The van der Waals surface area contributed by atoms with Crippen molar-refractivity contribution in [3.8, 4) is 0 Å². The number of rotatable bonds is 3. The van der Waals surface area contributed by atoms with Crippen molar-refractivity contribution in [3.05, 3.63) is 46.7 Å². The Morgan fingerprint density at radius 2 is 1.79 bits per heavy atom. The number of carbonyl (C=O) groups excluding carboxylic acids is 2. The van der Waals surface area contributed by atoms with Gasteiger partial charge >= 0.3 is 11.9 Å². The van der Waals surface area contributed by atoms with Gasteiger partial charge in [0.05, 0.1) is 25.4 Å². The molecule has 0 fully saturated rings. The molecule has 24 heavy (non-hydrogen) atoms. The largest absolute Gasteiger partial charge is 0.466 e. The maximum atomic E-state index is 12.2. The molecule has 1 aromatic heterocycles. The fraction of sp³-hybridized carbons (Fsp3) is 0.267. The SMILES string of the molecule is COC(=O)C1=C(C)Nc2nnnn2[C@@H]1c1ccc(C(=O)OC)cc1. The topological polar surface area (TPSA) is 108 Å². The van der Waals surface area contributed by atoms with Crippen LogP contribution in [0.2, 0.25) is 0 Å². The van der Waals surface area contributed by atoms with Gasteiger partial charge in [0.25, 0.3) is 0 Å². The van der Waals surface area contributed by atoms with Crippen LogP contribution >= 0.6 is 0 Å². The first kappa shape index (κ1) is 15.7. The Kier molecular flexibility index (Phi) is 3.98. The summed E-state index contributed by atoms with van der Waals surface area (Å²) in [6, 6.07) is 6.14. The zero-order valence-corrected chi connectivity index (χ0v) is 13.3. The van der Waals surface area contributed by atoms with E-state index >= 15 is 0 Å². The predicted molar refractivity (Wildman–Crippen MR) is 82.1 cm³/mol. The monoisotopic (exact) mass is 329 g/mol. The van der Waals surface area contributed by atoms with Crippen molar-refractivity contribution in [3.63, 3.8) is 0 Å². The summed E-state index contributed by atoms with van der Waals surface area (Å²) in [5, 5.41) is 14.5. The number of carbonyl (C=O) groups is 2. The molecule has 0 radical (unpaired) electrons. The van der Waals surface area contributed by atoms with Crippen LogP contribution in [0.25, 0.3) is 0 Å². The van der Waals surface area contributed by atoms with Crippen molar-refractivity contribution in [1.29, 1.82) is 0 Å². The zero-order chi connectivity index (χ0) is 17.3. The number of nitrogens with zero attached hydrogens (tertiary/aromatic N) is 4.